The molecule has 1 aromatic heterocycles. The van der Waals surface area contributed by atoms with Gasteiger partial charge in [0.2, 0.25) is 5.95 Å². The van der Waals surface area contributed by atoms with Crippen LogP contribution < -0.4 is 10.1 Å². The van der Waals surface area contributed by atoms with Crippen molar-refractivity contribution in [3.8, 4) is 5.75 Å². The highest BCUT2D eigenvalue weighted by Crippen LogP contribution is 2.21. The van der Waals surface area contributed by atoms with Gasteiger partial charge in [-0.05, 0) is 62.3 Å². The molecular formula is C21H24N4O2. The molecule has 6 heteroatoms. The van der Waals surface area contributed by atoms with Crippen molar-refractivity contribution in [2.75, 3.05) is 32.1 Å². The lowest BCUT2D eigenvalue weighted by molar-refractivity contribution is 0.102. The molecule has 0 saturated carbocycles. The quantitative estimate of drug-likeness (QED) is 0.728. The van der Waals surface area contributed by atoms with Crippen LogP contribution in [0.5, 0.6) is 5.75 Å². The second-order valence-corrected chi connectivity index (χ2v) is 6.81. The summed E-state index contributed by atoms with van der Waals surface area (Å²) in [5.74, 6) is 1.15. The number of carbonyl (C=O) groups excluding carboxylic acids is 1. The molecule has 2 aromatic carbocycles. The van der Waals surface area contributed by atoms with Gasteiger partial charge in [0.05, 0.1) is 18.1 Å². The summed E-state index contributed by atoms with van der Waals surface area (Å²) in [5.41, 5.74) is 2.51. The van der Waals surface area contributed by atoms with Crippen LogP contribution in [0, 0.1) is 0 Å². The third-order valence-electron chi connectivity index (χ3n) is 5.07. The molecule has 140 valence electrons. The number of carbonyl (C=O) groups is 1. The first-order chi connectivity index (χ1) is 13.2. The number of para-hydroxylation sites is 2. The predicted molar refractivity (Wildman–Crippen MR) is 106 cm³/mol. The molecule has 0 bridgehead atoms. The highest BCUT2D eigenvalue weighted by molar-refractivity contribution is 6.04. The second-order valence-electron chi connectivity index (χ2n) is 6.81. The molecule has 0 radical (unpaired) electrons. The van der Waals surface area contributed by atoms with Gasteiger partial charge in [-0.15, -0.1) is 0 Å². The molecule has 1 saturated heterocycles. The van der Waals surface area contributed by atoms with Gasteiger partial charge < -0.3 is 14.2 Å². The minimum absolute atomic E-state index is 0.171. The van der Waals surface area contributed by atoms with Crippen LogP contribution in [0.15, 0.2) is 48.5 Å². The average Bonchev–Trinajstić information content (AvgIpc) is 3.34. The number of rotatable bonds is 6. The van der Waals surface area contributed by atoms with Gasteiger partial charge in [-0.1, -0.05) is 12.1 Å². The Balaban J connectivity index is 1.57. The summed E-state index contributed by atoms with van der Waals surface area (Å²) in [5, 5.41) is 2.98. The maximum atomic E-state index is 12.7. The molecule has 1 aliphatic rings. The first kappa shape index (κ1) is 17.5. The van der Waals surface area contributed by atoms with Crippen molar-refractivity contribution in [1.82, 2.24) is 14.5 Å². The Bertz CT molecular complexity index is 927. The van der Waals surface area contributed by atoms with E-state index < -0.39 is 0 Å². The largest absolute Gasteiger partial charge is 0.497 e. The van der Waals surface area contributed by atoms with Crippen LogP contribution in [-0.4, -0.2) is 47.1 Å². The minimum atomic E-state index is -0.171. The SMILES string of the molecule is COc1ccc(C(=O)Nc2nc3ccccc3n2CCN2CCCC2)cc1. The molecule has 1 N–H and O–H groups in total. The van der Waals surface area contributed by atoms with Crippen molar-refractivity contribution in [3.63, 3.8) is 0 Å². The van der Waals surface area contributed by atoms with Crippen LogP contribution in [-0.2, 0) is 6.54 Å². The van der Waals surface area contributed by atoms with Crippen molar-refractivity contribution in [2.45, 2.75) is 19.4 Å². The van der Waals surface area contributed by atoms with Crippen molar-refractivity contribution >= 4 is 22.9 Å². The molecule has 3 aromatic rings. The zero-order valence-electron chi connectivity index (χ0n) is 15.5. The number of ether oxygens (including phenoxy) is 1. The molecular weight excluding hydrogens is 340 g/mol. The van der Waals surface area contributed by atoms with Gasteiger partial charge >= 0.3 is 0 Å². The van der Waals surface area contributed by atoms with Crippen molar-refractivity contribution in [2.24, 2.45) is 0 Å². The third-order valence-corrected chi connectivity index (χ3v) is 5.07. The average molecular weight is 364 g/mol. The van der Waals surface area contributed by atoms with Crippen LogP contribution in [0.1, 0.15) is 23.2 Å². The van der Waals surface area contributed by atoms with Crippen LogP contribution >= 0.6 is 0 Å². The number of likely N-dealkylation sites (tertiary alicyclic amines) is 1. The van der Waals surface area contributed by atoms with E-state index in [2.05, 4.69) is 25.8 Å². The normalized spacial score (nSPS) is 14.6. The van der Waals surface area contributed by atoms with Gasteiger partial charge in [0.15, 0.2) is 0 Å². The molecule has 1 amide bonds. The van der Waals surface area contributed by atoms with E-state index >= 15 is 0 Å². The number of amides is 1. The van der Waals surface area contributed by atoms with Gasteiger partial charge in [0, 0.05) is 18.7 Å². The van der Waals surface area contributed by atoms with Gasteiger partial charge in [-0.3, -0.25) is 10.1 Å². The van der Waals surface area contributed by atoms with Crippen LogP contribution in [0.25, 0.3) is 11.0 Å². The lowest BCUT2D eigenvalue weighted by Gasteiger charge is -2.16. The zero-order chi connectivity index (χ0) is 18.6. The van der Waals surface area contributed by atoms with Crippen LogP contribution in [0.4, 0.5) is 5.95 Å². The number of fused-ring (bicyclic) bond motifs is 1. The Morgan fingerprint density at radius 1 is 1.07 bits per heavy atom. The Labute approximate surface area is 158 Å². The number of methoxy groups -OCH3 is 1. The van der Waals surface area contributed by atoms with Crippen molar-refractivity contribution < 1.29 is 9.53 Å². The molecule has 27 heavy (non-hydrogen) atoms. The molecule has 1 aliphatic heterocycles. The van der Waals surface area contributed by atoms with Gasteiger partial charge in [-0.2, -0.15) is 0 Å². The highest BCUT2D eigenvalue weighted by atomic mass is 16.5. The number of hydrogen-bond donors (Lipinski definition) is 1. The zero-order valence-corrected chi connectivity index (χ0v) is 15.5. The Morgan fingerprint density at radius 2 is 1.81 bits per heavy atom. The number of imidazole rings is 1. The Kier molecular flexibility index (Phi) is 5.07. The van der Waals surface area contributed by atoms with E-state index in [1.807, 2.05) is 18.2 Å². The molecule has 0 spiro atoms. The van der Waals surface area contributed by atoms with E-state index in [0.717, 1.165) is 43.0 Å². The first-order valence-corrected chi connectivity index (χ1v) is 9.37. The summed E-state index contributed by atoms with van der Waals surface area (Å²) in [6.45, 7) is 4.07. The first-order valence-electron chi connectivity index (χ1n) is 9.37. The second kappa shape index (κ2) is 7.80. The number of nitrogens with one attached hydrogen (secondary N) is 1. The summed E-state index contributed by atoms with van der Waals surface area (Å²) in [6, 6.07) is 15.1. The Hall–Kier alpha value is -2.86. The van der Waals surface area contributed by atoms with Gasteiger partial charge in [0.1, 0.15) is 5.75 Å². The molecule has 4 rings (SSSR count). The topological polar surface area (TPSA) is 59.4 Å². The molecule has 6 nitrogen and oxygen atoms in total. The molecule has 0 atom stereocenters. The lowest BCUT2D eigenvalue weighted by atomic mass is 10.2. The highest BCUT2D eigenvalue weighted by Gasteiger charge is 2.17. The monoisotopic (exact) mass is 364 g/mol. The van der Waals surface area contributed by atoms with Crippen molar-refractivity contribution in [3.05, 3.63) is 54.1 Å². The predicted octanol–water partition coefficient (Wildman–Crippen LogP) is 3.39. The van der Waals surface area contributed by atoms with Gasteiger partial charge in [0.25, 0.3) is 5.91 Å². The van der Waals surface area contributed by atoms with Crippen molar-refractivity contribution in [1.29, 1.82) is 0 Å². The smallest absolute Gasteiger partial charge is 0.257 e. The molecule has 0 aliphatic carbocycles. The minimum Gasteiger partial charge on any atom is -0.497 e. The summed E-state index contributed by atoms with van der Waals surface area (Å²) in [4.78, 5) is 19.8. The molecule has 1 fully saturated rings. The number of benzene rings is 2. The van der Waals surface area contributed by atoms with E-state index in [9.17, 15) is 4.79 Å². The number of nitrogens with zero attached hydrogens (tertiary/aromatic N) is 3. The molecule has 0 unspecified atom stereocenters. The third kappa shape index (κ3) is 3.80. The summed E-state index contributed by atoms with van der Waals surface area (Å²) >= 11 is 0. The lowest BCUT2D eigenvalue weighted by Crippen LogP contribution is -2.25. The fraction of sp³-hybridized carbons (Fsp3) is 0.333. The van der Waals surface area contributed by atoms with E-state index in [4.69, 9.17) is 4.74 Å². The van der Waals surface area contributed by atoms with E-state index in [1.54, 1.807) is 31.4 Å². The maximum Gasteiger partial charge on any atom is 0.257 e. The maximum absolute atomic E-state index is 12.7. The standard InChI is InChI=1S/C21H24N4O2/c1-27-17-10-8-16(9-11-17)20(26)23-21-22-18-6-2-3-7-19(18)25(21)15-14-24-12-4-5-13-24/h2-3,6-11H,4-5,12-15H2,1H3,(H,22,23,26). The van der Waals surface area contributed by atoms with E-state index in [-0.39, 0.29) is 5.91 Å². The van der Waals surface area contributed by atoms with Crippen LogP contribution in [0.3, 0.4) is 0 Å². The summed E-state index contributed by atoms with van der Waals surface area (Å²) in [6.07, 6.45) is 2.54. The number of aromatic nitrogens is 2. The summed E-state index contributed by atoms with van der Waals surface area (Å²) < 4.78 is 7.26. The fourth-order valence-corrected chi connectivity index (χ4v) is 3.56. The van der Waals surface area contributed by atoms with E-state index in [0.29, 0.717) is 11.5 Å². The Morgan fingerprint density at radius 3 is 2.56 bits per heavy atom. The van der Waals surface area contributed by atoms with E-state index in [1.165, 1.54) is 12.8 Å². The number of hydrogen-bond acceptors (Lipinski definition) is 4. The van der Waals surface area contributed by atoms with Crippen LogP contribution in [0.2, 0.25) is 0 Å². The fourth-order valence-electron chi connectivity index (χ4n) is 3.56. The summed E-state index contributed by atoms with van der Waals surface area (Å²) in [7, 11) is 1.61. The molecule has 2 heterocycles. The van der Waals surface area contributed by atoms with Gasteiger partial charge in [-0.25, -0.2) is 4.98 Å². The number of anilines is 1.